The van der Waals surface area contributed by atoms with Crippen LogP contribution in [0.25, 0.3) is 5.69 Å². The van der Waals surface area contributed by atoms with Crippen molar-refractivity contribution in [1.29, 1.82) is 0 Å². The van der Waals surface area contributed by atoms with Gasteiger partial charge in [0.05, 0.1) is 22.8 Å². The van der Waals surface area contributed by atoms with Gasteiger partial charge in [-0.3, -0.25) is 9.59 Å². The average Bonchev–Trinajstić information content (AvgIpc) is 3.10. The fourth-order valence-electron chi connectivity index (χ4n) is 2.79. The minimum Gasteiger partial charge on any atom is -0.330 e. The first-order chi connectivity index (χ1) is 15.0. The number of hydrogen-bond acceptors (Lipinski definition) is 4. The topological polar surface area (TPSA) is 80.1 Å². The first-order valence-electron chi connectivity index (χ1n) is 9.07. The van der Waals surface area contributed by atoms with Gasteiger partial charge in [-0.15, -0.1) is 5.10 Å². The Balaban J connectivity index is 1.69. The number of hydrogen-bond donors (Lipinski definition) is 1. The molecule has 0 atom stereocenters. The Kier molecular flexibility index (Phi) is 6.49. The van der Waals surface area contributed by atoms with Gasteiger partial charge in [0.15, 0.2) is 0 Å². The number of aromatic nitrogens is 3. The van der Waals surface area contributed by atoms with Crippen molar-refractivity contribution >= 4 is 29.1 Å². The van der Waals surface area contributed by atoms with Crippen molar-refractivity contribution in [2.24, 2.45) is 0 Å². The number of alkyl halides is 3. The number of amides is 2. The molecule has 0 aliphatic rings. The van der Waals surface area contributed by atoms with Crippen molar-refractivity contribution in [3.63, 3.8) is 0 Å². The summed E-state index contributed by atoms with van der Waals surface area (Å²) in [5.74, 6) is -1.69. The molecule has 1 heterocycles. The number of carbonyl (C=O) groups is 2. The third kappa shape index (κ3) is 5.22. The second kappa shape index (κ2) is 8.95. The van der Waals surface area contributed by atoms with Gasteiger partial charge in [0.2, 0.25) is 11.7 Å². The number of nitrogens with one attached hydrogen (secondary N) is 1. The maximum atomic E-state index is 13.1. The maximum absolute atomic E-state index is 13.1. The predicted octanol–water partition coefficient (Wildman–Crippen LogP) is 4.10. The van der Waals surface area contributed by atoms with Gasteiger partial charge in [-0.25, -0.2) is 14.1 Å². The third-order valence-corrected chi connectivity index (χ3v) is 4.64. The second-order valence-corrected chi connectivity index (χ2v) is 7.18. The van der Waals surface area contributed by atoms with Crippen LogP contribution in [0.2, 0.25) is 5.02 Å². The van der Waals surface area contributed by atoms with Crippen LogP contribution in [0.15, 0.2) is 42.5 Å². The van der Waals surface area contributed by atoms with Gasteiger partial charge in [0, 0.05) is 12.7 Å². The lowest BCUT2D eigenvalue weighted by Crippen LogP contribution is -2.35. The summed E-state index contributed by atoms with van der Waals surface area (Å²) < 4.78 is 53.3. The molecule has 0 aliphatic carbocycles. The standard InChI is InChI=1S/C20H16ClF4N5O2/c1-11-26-18(28-30(11)14-6-3-12(22)4-7-14)19(32)29(2)10-17(31)27-13-5-8-16(21)15(9-13)20(23,24)25/h3-9H,10H2,1-2H3,(H,27,31). The summed E-state index contributed by atoms with van der Waals surface area (Å²) in [5.41, 5.74) is -0.728. The molecule has 168 valence electrons. The van der Waals surface area contributed by atoms with E-state index in [2.05, 4.69) is 15.4 Å². The van der Waals surface area contributed by atoms with Crippen molar-refractivity contribution in [2.75, 3.05) is 18.9 Å². The van der Waals surface area contributed by atoms with Crippen LogP contribution < -0.4 is 5.32 Å². The molecular formula is C20H16ClF4N5O2. The zero-order chi connectivity index (χ0) is 23.6. The SMILES string of the molecule is Cc1nc(C(=O)N(C)CC(=O)Nc2ccc(Cl)c(C(F)(F)F)c2)nn1-c1ccc(F)cc1. The van der Waals surface area contributed by atoms with Gasteiger partial charge in [-0.2, -0.15) is 13.2 Å². The van der Waals surface area contributed by atoms with Crippen LogP contribution in [0.4, 0.5) is 23.2 Å². The summed E-state index contributed by atoms with van der Waals surface area (Å²) in [4.78, 5) is 29.9. The zero-order valence-corrected chi connectivity index (χ0v) is 17.5. The summed E-state index contributed by atoms with van der Waals surface area (Å²) in [5, 5.41) is 5.89. The van der Waals surface area contributed by atoms with Crippen molar-refractivity contribution in [1.82, 2.24) is 19.7 Å². The summed E-state index contributed by atoms with van der Waals surface area (Å²) in [7, 11) is 1.32. The molecule has 12 heteroatoms. The number of rotatable bonds is 5. The Hall–Kier alpha value is -3.47. The van der Waals surface area contributed by atoms with E-state index in [0.29, 0.717) is 17.6 Å². The van der Waals surface area contributed by atoms with Crippen LogP contribution in [-0.2, 0) is 11.0 Å². The van der Waals surface area contributed by atoms with Gasteiger partial charge < -0.3 is 10.2 Å². The molecule has 0 saturated heterocycles. The Morgan fingerprint density at radius 3 is 2.44 bits per heavy atom. The summed E-state index contributed by atoms with van der Waals surface area (Å²) in [6.07, 6.45) is -4.68. The molecule has 0 aliphatic heterocycles. The Morgan fingerprint density at radius 2 is 1.81 bits per heavy atom. The highest BCUT2D eigenvalue weighted by Crippen LogP contribution is 2.36. The average molecular weight is 470 g/mol. The van der Waals surface area contributed by atoms with Crippen LogP contribution >= 0.6 is 11.6 Å². The van der Waals surface area contributed by atoms with Crippen molar-refractivity contribution in [3.05, 3.63) is 70.5 Å². The number of nitrogens with zero attached hydrogens (tertiary/aromatic N) is 4. The van der Waals surface area contributed by atoms with E-state index in [4.69, 9.17) is 11.6 Å². The lowest BCUT2D eigenvalue weighted by atomic mass is 10.2. The van der Waals surface area contributed by atoms with Crippen LogP contribution in [0.3, 0.4) is 0 Å². The van der Waals surface area contributed by atoms with Gasteiger partial charge in [0.1, 0.15) is 11.6 Å². The fourth-order valence-corrected chi connectivity index (χ4v) is 3.01. The zero-order valence-electron chi connectivity index (χ0n) is 16.7. The molecule has 2 aromatic carbocycles. The molecular weight excluding hydrogens is 454 g/mol. The molecule has 0 unspecified atom stereocenters. The third-order valence-electron chi connectivity index (χ3n) is 4.31. The van der Waals surface area contributed by atoms with E-state index in [1.807, 2.05) is 0 Å². The smallest absolute Gasteiger partial charge is 0.330 e. The summed E-state index contributed by atoms with van der Waals surface area (Å²) >= 11 is 5.56. The molecule has 1 aromatic heterocycles. The first-order valence-corrected chi connectivity index (χ1v) is 9.45. The lowest BCUT2D eigenvalue weighted by molar-refractivity contribution is -0.137. The van der Waals surface area contributed by atoms with Crippen LogP contribution in [0.1, 0.15) is 22.0 Å². The van der Waals surface area contributed by atoms with E-state index in [1.54, 1.807) is 6.92 Å². The van der Waals surface area contributed by atoms with E-state index in [9.17, 15) is 27.2 Å². The number of aryl methyl sites for hydroxylation is 1. The van der Waals surface area contributed by atoms with Crippen LogP contribution in [-0.4, -0.2) is 45.1 Å². The number of carbonyl (C=O) groups excluding carboxylic acids is 2. The molecule has 1 N–H and O–H groups in total. The van der Waals surface area contributed by atoms with Gasteiger partial charge >= 0.3 is 6.18 Å². The van der Waals surface area contributed by atoms with Gasteiger partial charge in [-0.05, 0) is 49.4 Å². The van der Waals surface area contributed by atoms with E-state index in [0.717, 1.165) is 11.0 Å². The normalized spacial score (nSPS) is 11.3. The molecule has 2 amide bonds. The van der Waals surface area contributed by atoms with Crippen molar-refractivity contribution in [2.45, 2.75) is 13.1 Å². The van der Waals surface area contributed by atoms with Crippen molar-refractivity contribution < 1.29 is 27.2 Å². The predicted molar refractivity (Wildman–Crippen MR) is 108 cm³/mol. The monoisotopic (exact) mass is 469 g/mol. The van der Waals surface area contributed by atoms with Crippen LogP contribution in [0, 0.1) is 12.7 Å². The molecule has 0 fully saturated rings. The van der Waals surface area contributed by atoms with E-state index >= 15 is 0 Å². The largest absolute Gasteiger partial charge is 0.417 e. The maximum Gasteiger partial charge on any atom is 0.417 e. The number of anilines is 1. The number of likely N-dealkylation sites (N-methyl/N-ethyl adjacent to an activating group) is 1. The number of halogens is 5. The molecule has 0 spiro atoms. The van der Waals surface area contributed by atoms with Gasteiger partial charge in [-0.1, -0.05) is 11.6 Å². The minimum absolute atomic E-state index is 0.123. The molecule has 0 radical (unpaired) electrons. The van der Waals surface area contributed by atoms with E-state index < -0.39 is 40.9 Å². The molecule has 0 saturated carbocycles. The molecule has 0 bridgehead atoms. The summed E-state index contributed by atoms with van der Waals surface area (Å²) in [6.45, 7) is 1.13. The highest BCUT2D eigenvalue weighted by atomic mass is 35.5. The Labute approximate surface area is 184 Å². The van der Waals surface area contributed by atoms with Gasteiger partial charge in [0.25, 0.3) is 5.91 Å². The van der Waals surface area contributed by atoms with E-state index in [-0.39, 0.29) is 11.5 Å². The Morgan fingerprint density at radius 1 is 1.16 bits per heavy atom. The van der Waals surface area contributed by atoms with E-state index in [1.165, 1.54) is 42.1 Å². The van der Waals surface area contributed by atoms with Crippen LogP contribution in [0.5, 0.6) is 0 Å². The molecule has 32 heavy (non-hydrogen) atoms. The molecule has 7 nitrogen and oxygen atoms in total. The quantitative estimate of drug-likeness (QED) is 0.571. The minimum atomic E-state index is -4.68. The summed E-state index contributed by atoms with van der Waals surface area (Å²) in [6, 6.07) is 8.33. The molecule has 3 rings (SSSR count). The second-order valence-electron chi connectivity index (χ2n) is 6.77. The van der Waals surface area contributed by atoms with Crippen molar-refractivity contribution in [3.8, 4) is 5.69 Å². The lowest BCUT2D eigenvalue weighted by Gasteiger charge is -2.16. The highest BCUT2D eigenvalue weighted by molar-refractivity contribution is 6.31. The Bertz CT molecular complexity index is 1160. The highest BCUT2D eigenvalue weighted by Gasteiger charge is 2.33. The number of benzene rings is 2. The fraction of sp³-hybridized carbons (Fsp3) is 0.200. The first kappa shape index (κ1) is 23.2. The molecule has 3 aromatic rings.